The van der Waals surface area contributed by atoms with E-state index in [-0.39, 0.29) is 22.1 Å². The van der Waals surface area contributed by atoms with Gasteiger partial charge in [-0.25, -0.2) is 0 Å². The number of hydrogen-bond acceptors (Lipinski definition) is 3. The molecule has 14 heavy (non-hydrogen) atoms. The lowest BCUT2D eigenvalue weighted by atomic mass is 10.0. The summed E-state index contributed by atoms with van der Waals surface area (Å²) in [6, 6.07) is 2.59. The Morgan fingerprint density at radius 3 is 2.64 bits per heavy atom. The van der Waals surface area contributed by atoms with E-state index >= 15 is 0 Å². The average Bonchev–Trinajstić information content (AvgIpc) is 2.13. The van der Waals surface area contributed by atoms with E-state index in [0.717, 1.165) is 0 Å². The lowest BCUT2D eigenvalue weighted by Gasteiger charge is -2.09. The zero-order valence-electron chi connectivity index (χ0n) is 8.04. The van der Waals surface area contributed by atoms with E-state index < -0.39 is 6.04 Å². The van der Waals surface area contributed by atoms with Crippen LogP contribution < -0.4 is 5.73 Å². The van der Waals surface area contributed by atoms with E-state index in [9.17, 15) is 9.90 Å². The number of phenols is 1. The van der Waals surface area contributed by atoms with Crippen molar-refractivity contribution < 1.29 is 9.90 Å². The quantitative estimate of drug-likeness (QED) is 0.738. The standard InChI is InChI=1S/C10H12ClNO2/c1-5-3-4-7(8(11)9(5)13)10(14)6(2)12/h3-4,6,13H,12H2,1-2H3. The Labute approximate surface area is 87.5 Å². The molecule has 0 aromatic heterocycles. The Morgan fingerprint density at radius 2 is 2.14 bits per heavy atom. The van der Waals surface area contributed by atoms with Crippen LogP contribution in [0.5, 0.6) is 5.75 Å². The number of benzene rings is 1. The predicted octanol–water partition coefficient (Wildman–Crippen LogP) is 1.88. The lowest BCUT2D eigenvalue weighted by Crippen LogP contribution is -2.26. The largest absolute Gasteiger partial charge is 0.506 e. The lowest BCUT2D eigenvalue weighted by molar-refractivity contribution is 0.0967. The highest BCUT2D eigenvalue weighted by Gasteiger charge is 2.17. The van der Waals surface area contributed by atoms with Crippen molar-refractivity contribution in [1.82, 2.24) is 0 Å². The predicted molar refractivity (Wildman–Crippen MR) is 55.8 cm³/mol. The summed E-state index contributed by atoms with van der Waals surface area (Å²) < 4.78 is 0. The highest BCUT2D eigenvalue weighted by atomic mass is 35.5. The van der Waals surface area contributed by atoms with Crippen molar-refractivity contribution in [1.29, 1.82) is 0 Å². The van der Waals surface area contributed by atoms with Gasteiger partial charge in [-0.3, -0.25) is 4.79 Å². The van der Waals surface area contributed by atoms with Crippen LogP contribution in [0.4, 0.5) is 0 Å². The molecule has 4 heteroatoms. The van der Waals surface area contributed by atoms with Crippen molar-refractivity contribution in [3.05, 3.63) is 28.3 Å². The number of halogens is 1. The van der Waals surface area contributed by atoms with Gasteiger partial charge in [0.05, 0.1) is 11.1 Å². The molecule has 0 amide bonds. The number of nitrogens with two attached hydrogens (primary N) is 1. The number of carbonyl (C=O) groups is 1. The van der Waals surface area contributed by atoms with Gasteiger partial charge in [0, 0.05) is 5.56 Å². The highest BCUT2D eigenvalue weighted by molar-refractivity contribution is 6.35. The van der Waals surface area contributed by atoms with Gasteiger partial charge >= 0.3 is 0 Å². The summed E-state index contributed by atoms with van der Waals surface area (Å²) in [6.07, 6.45) is 0. The van der Waals surface area contributed by atoms with Crippen molar-refractivity contribution in [2.45, 2.75) is 19.9 Å². The Bertz CT molecular complexity index is 375. The number of hydrogen-bond donors (Lipinski definition) is 2. The monoisotopic (exact) mass is 213 g/mol. The van der Waals surface area contributed by atoms with Crippen LogP contribution in [-0.4, -0.2) is 16.9 Å². The fourth-order valence-corrected chi connectivity index (χ4v) is 1.40. The summed E-state index contributed by atoms with van der Waals surface area (Å²) in [4.78, 5) is 11.5. The normalized spacial score (nSPS) is 12.6. The zero-order chi connectivity index (χ0) is 10.9. The first-order valence-electron chi connectivity index (χ1n) is 4.23. The van der Waals surface area contributed by atoms with Crippen LogP contribution >= 0.6 is 11.6 Å². The second-order valence-electron chi connectivity index (χ2n) is 3.25. The molecule has 76 valence electrons. The molecule has 0 radical (unpaired) electrons. The molecule has 0 aliphatic heterocycles. The molecule has 0 saturated heterocycles. The van der Waals surface area contributed by atoms with Gasteiger partial charge in [0.25, 0.3) is 0 Å². The maximum absolute atomic E-state index is 11.5. The Kier molecular flexibility index (Phi) is 3.13. The Balaban J connectivity index is 3.24. The summed E-state index contributed by atoms with van der Waals surface area (Å²) in [6.45, 7) is 3.29. The maximum atomic E-state index is 11.5. The minimum atomic E-state index is -0.616. The number of aromatic hydroxyl groups is 1. The zero-order valence-corrected chi connectivity index (χ0v) is 8.80. The third-order valence-corrected chi connectivity index (χ3v) is 2.38. The van der Waals surface area contributed by atoms with Crippen molar-refractivity contribution in [2.75, 3.05) is 0 Å². The average molecular weight is 214 g/mol. The van der Waals surface area contributed by atoms with Crippen LogP contribution in [-0.2, 0) is 0 Å². The van der Waals surface area contributed by atoms with E-state index in [1.807, 2.05) is 0 Å². The minimum Gasteiger partial charge on any atom is -0.506 e. The molecule has 0 aliphatic rings. The van der Waals surface area contributed by atoms with E-state index in [1.165, 1.54) is 0 Å². The second kappa shape index (κ2) is 3.98. The van der Waals surface area contributed by atoms with Crippen LogP contribution in [0.1, 0.15) is 22.8 Å². The molecule has 0 heterocycles. The Hall–Kier alpha value is -1.06. The van der Waals surface area contributed by atoms with Crippen molar-refractivity contribution in [3.8, 4) is 5.75 Å². The summed E-state index contributed by atoms with van der Waals surface area (Å²) in [5.74, 6) is -0.330. The molecule has 0 saturated carbocycles. The van der Waals surface area contributed by atoms with Gasteiger partial charge in [-0.1, -0.05) is 17.7 Å². The molecule has 1 aromatic carbocycles. The molecule has 1 atom stereocenters. The smallest absolute Gasteiger partial charge is 0.180 e. The molecule has 0 bridgehead atoms. The van der Waals surface area contributed by atoms with Crippen molar-refractivity contribution >= 4 is 17.4 Å². The first kappa shape index (κ1) is 11.0. The molecule has 0 spiro atoms. The topological polar surface area (TPSA) is 63.3 Å². The number of phenolic OH excluding ortho intramolecular Hbond substituents is 1. The van der Waals surface area contributed by atoms with Crippen molar-refractivity contribution in [3.63, 3.8) is 0 Å². The number of carbonyl (C=O) groups excluding carboxylic acids is 1. The molecule has 3 N–H and O–H groups in total. The van der Waals surface area contributed by atoms with Gasteiger partial charge in [-0.05, 0) is 25.5 Å². The fraction of sp³-hybridized carbons (Fsp3) is 0.300. The third-order valence-electron chi connectivity index (χ3n) is 2.00. The van der Waals surface area contributed by atoms with Gasteiger partial charge in [-0.2, -0.15) is 0 Å². The van der Waals surface area contributed by atoms with E-state index in [1.54, 1.807) is 26.0 Å². The third kappa shape index (κ3) is 1.89. The van der Waals surface area contributed by atoms with Gasteiger partial charge in [-0.15, -0.1) is 0 Å². The molecular weight excluding hydrogens is 202 g/mol. The molecule has 0 fully saturated rings. The highest BCUT2D eigenvalue weighted by Crippen LogP contribution is 2.30. The molecule has 1 aromatic rings. The van der Waals surface area contributed by atoms with Gasteiger partial charge < -0.3 is 10.8 Å². The number of Topliss-reactive ketones (excluding diaryl/α,β-unsaturated/α-hetero) is 1. The summed E-state index contributed by atoms with van der Waals surface area (Å²) >= 11 is 5.81. The summed E-state index contributed by atoms with van der Waals surface area (Å²) in [5.41, 5.74) is 6.34. The van der Waals surface area contributed by atoms with Gasteiger partial charge in [0.1, 0.15) is 5.75 Å². The molecule has 3 nitrogen and oxygen atoms in total. The molecule has 1 rings (SSSR count). The van der Waals surface area contributed by atoms with Gasteiger partial charge in [0.2, 0.25) is 0 Å². The van der Waals surface area contributed by atoms with Crippen LogP contribution in [0.2, 0.25) is 5.02 Å². The van der Waals surface area contributed by atoms with E-state index in [0.29, 0.717) is 5.56 Å². The van der Waals surface area contributed by atoms with Crippen LogP contribution in [0.15, 0.2) is 12.1 Å². The second-order valence-corrected chi connectivity index (χ2v) is 3.62. The Morgan fingerprint density at radius 1 is 1.57 bits per heavy atom. The number of aryl methyl sites for hydroxylation is 1. The number of ketones is 1. The first-order chi connectivity index (χ1) is 6.45. The summed E-state index contributed by atoms with van der Waals surface area (Å²) in [5, 5.41) is 9.57. The minimum absolute atomic E-state index is 0.0573. The maximum Gasteiger partial charge on any atom is 0.180 e. The van der Waals surface area contributed by atoms with Crippen LogP contribution in [0, 0.1) is 6.92 Å². The van der Waals surface area contributed by atoms with Crippen LogP contribution in [0.25, 0.3) is 0 Å². The molecular formula is C10H12ClNO2. The SMILES string of the molecule is Cc1ccc(C(=O)C(C)N)c(Cl)c1O. The summed E-state index contributed by atoms with van der Waals surface area (Å²) in [7, 11) is 0. The molecule has 0 aliphatic carbocycles. The van der Waals surface area contributed by atoms with Crippen LogP contribution in [0.3, 0.4) is 0 Å². The fourth-order valence-electron chi connectivity index (χ4n) is 1.10. The molecule has 1 unspecified atom stereocenters. The van der Waals surface area contributed by atoms with Crippen molar-refractivity contribution in [2.24, 2.45) is 5.73 Å². The van der Waals surface area contributed by atoms with E-state index in [4.69, 9.17) is 17.3 Å². The first-order valence-corrected chi connectivity index (χ1v) is 4.60. The number of rotatable bonds is 2. The van der Waals surface area contributed by atoms with E-state index in [2.05, 4.69) is 0 Å². The van der Waals surface area contributed by atoms with Gasteiger partial charge in [0.15, 0.2) is 5.78 Å².